The van der Waals surface area contributed by atoms with Gasteiger partial charge >= 0.3 is 0 Å². The highest BCUT2D eigenvalue weighted by Crippen LogP contribution is 2.26. The monoisotopic (exact) mass is 257 g/mol. The normalized spacial score (nSPS) is 10.9. The summed E-state index contributed by atoms with van der Waals surface area (Å²) in [7, 11) is 1.57. The zero-order valence-corrected chi connectivity index (χ0v) is 10.6. The Balaban J connectivity index is 2.30. The van der Waals surface area contributed by atoms with Crippen LogP contribution in [0.3, 0.4) is 0 Å². The van der Waals surface area contributed by atoms with Crippen molar-refractivity contribution in [3.8, 4) is 17.1 Å². The van der Waals surface area contributed by atoms with E-state index in [2.05, 4.69) is 9.97 Å². The van der Waals surface area contributed by atoms with Gasteiger partial charge in [-0.1, -0.05) is 0 Å². The third kappa shape index (κ3) is 1.83. The molecule has 3 rings (SSSR count). The first-order chi connectivity index (χ1) is 9.20. The molecule has 0 aliphatic carbocycles. The fraction of sp³-hybridized carbons (Fsp3) is 0.143. The van der Waals surface area contributed by atoms with Crippen LogP contribution in [0.25, 0.3) is 16.8 Å². The quantitative estimate of drug-likeness (QED) is 0.708. The van der Waals surface area contributed by atoms with Crippen LogP contribution in [0.15, 0.2) is 36.7 Å². The van der Waals surface area contributed by atoms with E-state index in [0.29, 0.717) is 5.88 Å². The van der Waals surface area contributed by atoms with Gasteiger partial charge < -0.3 is 4.74 Å². The molecule has 5 heteroatoms. The second-order valence-corrected chi connectivity index (χ2v) is 4.19. The molecule has 0 bridgehead atoms. The van der Waals surface area contributed by atoms with Crippen molar-refractivity contribution in [3.05, 3.63) is 48.3 Å². The van der Waals surface area contributed by atoms with E-state index in [4.69, 9.17) is 4.74 Å². The molecule has 1 aromatic carbocycles. The standard InChI is InChI=1S/C14H12FN3O/c1-9-16-8-13-14(19-2)17-7-12(18(9)13)10-3-5-11(15)6-4-10/h3-8H,1-2H3. The predicted octanol–water partition coefficient (Wildman–Crippen LogP) is 2.85. The molecule has 0 saturated carbocycles. The fourth-order valence-electron chi connectivity index (χ4n) is 2.12. The topological polar surface area (TPSA) is 39.4 Å². The van der Waals surface area contributed by atoms with Crippen LogP contribution in [-0.2, 0) is 0 Å². The van der Waals surface area contributed by atoms with E-state index in [1.807, 2.05) is 11.3 Å². The lowest BCUT2D eigenvalue weighted by molar-refractivity contribution is 0.401. The van der Waals surface area contributed by atoms with Gasteiger partial charge in [-0.2, -0.15) is 0 Å². The maximum absolute atomic E-state index is 13.0. The van der Waals surface area contributed by atoms with Crippen LogP contribution in [0.5, 0.6) is 5.88 Å². The molecule has 0 aliphatic rings. The third-order valence-corrected chi connectivity index (χ3v) is 3.04. The number of aryl methyl sites for hydroxylation is 1. The first-order valence-electron chi connectivity index (χ1n) is 5.83. The van der Waals surface area contributed by atoms with E-state index in [0.717, 1.165) is 22.6 Å². The van der Waals surface area contributed by atoms with Gasteiger partial charge in [0, 0.05) is 5.56 Å². The second-order valence-electron chi connectivity index (χ2n) is 4.19. The van der Waals surface area contributed by atoms with Gasteiger partial charge in [0.2, 0.25) is 5.88 Å². The Bertz CT molecular complexity index is 734. The van der Waals surface area contributed by atoms with Crippen LogP contribution in [0.4, 0.5) is 4.39 Å². The van der Waals surface area contributed by atoms with E-state index >= 15 is 0 Å². The summed E-state index contributed by atoms with van der Waals surface area (Å²) in [6, 6.07) is 6.30. The molecule has 0 fully saturated rings. The summed E-state index contributed by atoms with van der Waals surface area (Å²) in [5, 5.41) is 0. The minimum Gasteiger partial charge on any atom is -0.479 e. The summed E-state index contributed by atoms with van der Waals surface area (Å²) in [4.78, 5) is 8.54. The van der Waals surface area contributed by atoms with Gasteiger partial charge in [-0.05, 0) is 31.2 Å². The van der Waals surface area contributed by atoms with Gasteiger partial charge in [-0.25, -0.2) is 14.4 Å². The number of nitrogens with zero attached hydrogens (tertiary/aromatic N) is 3. The molecule has 2 aromatic heterocycles. The van der Waals surface area contributed by atoms with Gasteiger partial charge in [0.1, 0.15) is 17.2 Å². The SMILES string of the molecule is COc1ncc(-c2ccc(F)cc2)n2c(C)ncc12. The molecule has 2 heterocycles. The number of fused-ring (bicyclic) bond motifs is 1. The lowest BCUT2D eigenvalue weighted by atomic mass is 10.1. The molecular weight excluding hydrogens is 245 g/mol. The molecule has 0 radical (unpaired) electrons. The summed E-state index contributed by atoms with van der Waals surface area (Å²) < 4.78 is 20.2. The van der Waals surface area contributed by atoms with Crippen molar-refractivity contribution in [3.63, 3.8) is 0 Å². The molecule has 0 amide bonds. The highest BCUT2D eigenvalue weighted by molar-refractivity contribution is 5.67. The largest absolute Gasteiger partial charge is 0.479 e. The summed E-state index contributed by atoms with van der Waals surface area (Å²) in [6.07, 6.45) is 3.42. The van der Waals surface area contributed by atoms with Crippen LogP contribution in [0, 0.1) is 12.7 Å². The van der Waals surface area contributed by atoms with Crippen LogP contribution in [0.2, 0.25) is 0 Å². The summed E-state index contributed by atoms with van der Waals surface area (Å²) in [5.41, 5.74) is 2.52. The lowest BCUT2D eigenvalue weighted by Crippen LogP contribution is -1.99. The molecule has 96 valence electrons. The van der Waals surface area contributed by atoms with E-state index in [-0.39, 0.29) is 5.82 Å². The Labute approximate surface area is 109 Å². The van der Waals surface area contributed by atoms with Gasteiger partial charge in [-0.15, -0.1) is 0 Å². The molecule has 0 saturated heterocycles. The Kier molecular flexibility index (Phi) is 2.67. The third-order valence-electron chi connectivity index (χ3n) is 3.04. The van der Waals surface area contributed by atoms with Crippen molar-refractivity contribution >= 4 is 5.52 Å². The first-order valence-corrected chi connectivity index (χ1v) is 5.83. The number of halogens is 1. The number of hydrogen-bond donors (Lipinski definition) is 0. The number of aromatic nitrogens is 3. The molecule has 4 nitrogen and oxygen atoms in total. The number of hydrogen-bond acceptors (Lipinski definition) is 3. The summed E-state index contributed by atoms with van der Waals surface area (Å²) >= 11 is 0. The Morgan fingerprint density at radius 2 is 1.84 bits per heavy atom. The average Bonchev–Trinajstić information content (AvgIpc) is 2.82. The van der Waals surface area contributed by atoms with Gasteiger partial charge in [0.25, 0.3) is 0 Å². The molecule has 0 atom stereocenters. The number of benzene rings is 1. The van der Waals surface area contributed by atoms with E-state index in [1.165, 1.54) is 12.1 Å². The minimum atomic E-state index is -0.260. The first kappa shape index (κ1) is 11.6. The van der Waals surface area contributed by atoms with Gasteiger partial charge in [0.15, 0.2) is 0 Å². The highest BCUT2D eigenvalue weighted by atomic mass is 19.1. The molecule has 0 unspecified atom stereocenters. The molecule has 3 aromatic rings. The van der Waals surface area contributed by atoms with Crippen molar-refractivity contribution in [2.75, 3.05) is 7.11 Å². The van der Waals surface area contributed by atoms with Crippen molar-refractivity contribution < 1.29 is 9.13 Å². The molecular formula is C14H12FN3O. The van der Waals surface area contributed by atoms with Crippen molar-refractivity contribution in [1.82, 2.24) is 14.4 Å². The fourth-order valence-corrected chi connectivity index (χ4v) is 2.12. The van der Waals surface area contributed by atoms with Gasteiger partial charge in [0.05, 0.1) is 25.2 Å². The molecule has 0 N–H and O–H groups in total. The number of ether oxygens (including phenoxy) is 1. The lowest BCUT2D eigenvalue weighted by Gasteiger charge is -2.09. The number of imidazole rings is 1. The maximum atomic E-state index is 13.0. The number of methoxy groups -OCH3 is 1. The average molecular weight is 257 g/mol. The van der Waals surface area contributed by atoms with Crippen molar-refractivity contribution in [1.29, 1.82) is 0 Å². The smallest absolute Gasteiger partial charge is 0.239 e. The van der Waals surface area contributed by atoms with E-state index in [9.17, 15) is 4.39 Å². The Morgan fingerprint density at radius 1 is 1.11 bits per heavy atom. The minimum absolute atomic E-state index is 0.260. The van der Waals surface area contributed by atoms with Crippen molar-refractivity contribution in [2.45, 2.75) is 6.92 Å². The molecule has 0 aliphatic heterocycles. The zero-order chi connectivity index (χ0) is 13.4. The molecule has 0 spiro atoms. The zero-order valence-electron chi connectivity index (χ0n) is 10.6. The van der Waals surface area contributed by atoms with E-state index in [1.54, 1.807) is 31.6 Å². The van der Waals surface area contributed by atoms with Crippen LogP contribution in [-0.4, -0.2) is 21.5 Å². The predicted molar refractivity (Wildman–Crippen MR) is 69.7 cm³/mol. The Hall–Kier alpha value is -2.43. The second kappa shape index (κ2) is 4.35. The molecule has 19 heavy (non-hydrogen) atoms. The maximum Gasteiger partial charge on any atom is 0.239 e. The summed E-state index contributed by atoms with van der Waals surface area (Å²) in [6.45, 7) is 1.90. The van der Waals surface area contributed by atoms with Crippen LogP contribution >= 0.6 is 0 Å². The highest BCUT2D eigenvalue weighted by Gasteiger charge is 2.12. The van der Waals surface area contributed by atoms with Crippen molar-refractivity contribution in [2.24, 2.45) is 0 Å². The number of rotatable bonds is 2. The van der Waals surface area contributed by atoms with Crippen LogP contribution in [0.1, 0.15) is 5.82 Å². The van der Waals surface area contributed by atoms with Gasteiger partial charge in [-0.3, -0.25) is 4.40 Å². The van der Waals surface area contributed by atoms with E-state index < -0.39 is 0 Å². The summed E-state index contributed by atoms with van der Waals surface area (Å²) in [5.74, 6) is 1.09. The Morgan fingerprint density at radius 3 is 2.53 bits per heavy atom. The van der Waals surface area contributed by atoms with Crippen LogP contribution < -0.4 is 4.74 Å².